The summed E-state index contributed by atoms with van der Waals surface area (Å²) in [5.74, 6) is 0.874. The summed E-state index contributed by atoms with van der Waals surface area (Å²) < 4.78 is 0. The van der Waals surface area contributed by atoms with E-state index in [1.165, 1.54) is 0 Å². The smallest absolute Gasteiger partial charge is 0.132 e. The van der Waals surface area contributed by atoms with Crippen molar-refractivity contribution < 1.29 is 0 Å². The molecular weight excluding hydrogens is 246 g/mol. The number of nitrogens with zero attached hydrogens (tertiary/aromatic N) is 2. The van der Waals surface area contributed by atoms with Crippen LogP contribution in [0.5, 0.6) is 0 Å². The van der Waals surface area contributed by atoms with Crippen LogP contribution in [-0.4, -0.2) is 16.5 Å². The third-order valence-corrected chi connectivity index (χ3v) is 3.28. The Kier molecular flexibility index (Phi) is 3.82. The normalized spacial score (nSPS) is 10.4. The van der Waals surface area contributed by atoms with Gasteiger partial charge in [0.2, 0.25) is 0 Å². The molecule has 2 aromatic rings. The Morgan fingerprint density at radius 2 is 2.00 bits per heavy atom. The average Bonchev–Trinajstić information content (AvgIpc) is 2.36. The first kappa shape index (κ1) is 12.8. The third kappa shape index (κ3) is 2.46. The number of nitrogens with one attached hydrogen (secondary N) is 1. The molecule has 0 fully saturated rings. The van der Waals surface area contributed by atoms with Crippen LogP contribution in [0.15, 0.2) is 24.5 Å². The highest BCUT2D eigenvalue weighted by Gasteiger charge is 2.09. The Morgan fingerprint density at radius 3 is 2.67 bits per heavy atom. The van der Waals surface area contributed by atoms with Gasteiger partial charge in [-0.3, -0.25) is 0 Å². The molecule has 1 heterocycles. The minimum atomic E-state index is 0.760. The molecule has 4 heteroatoms. The summed E-state index contributed by atoms with van der Waals surface area (Å²) in [5.41, 5.74) is 4.05. The molecule has 0 aliphatic carbocycles. The molecule has 0 spiro atoms. The topological polar surface area (TPSA) is 37.8 Å². The van der Waals surface area contributed by atoms with Crippen LogP contribution < -0.4 is 5.32 Å². The molecule has 0 saturated carbocycles. The van der Waals surface area contributed by atoms with Crippen molar-refractivity contribution in [1.29, 1.82) is 0 Å². The van der Waals surface area contributed by atoms with Crippen molar-refractivity contribution in [3.8, 4) is 11.3 Å². The first-order valence-electron chi connectivity index (χ1n) is 5.95. The van der Waals surface area contributed by atoms with Gasteiger partial charge < -0.3 is 5.32 Å². The molecule has 0 atom stereocenters. The maximum absolute atomic E-state index is 6.16. The highest BCUT2D eigenvalue weighted by molar-refractivity contribution is 6.31. The molecule has 0 aliphatic heterocycles. The van der Waals surface area contributed by atoms with Crippen LogP contribution in [-0.2, 0) is 0 Å². The SMILES string of the molecule is CCNc1ncnc(-c2ccc(C)c(Cl)c2)c1C. The molecule has 0 bridgehead atoms. The van der Waals surface area contributed by atoms with Gasteiger partial charge in [0.15, 0.2) is 0 Å². The van der Waals surface area contributed by atoms with Gasteiger partial charge in [0.1, 0.15) is 12.1 Å². The second-order valence-corrected chi connectivity index (χ2v) is 4.60. The first-order chi connectivity index (χ1) is 8.63. The summed E-state index contributed by atoms with van der Waals surface area (Å²) in [6.45, 7) is 6.89. The lowest BCUT2D eigenvalue weighted by Gasteiger charge is -2.11. The van der Waals surface area contributed by atoms with Crippen LogP contribution in [0.4, 0.5) is 5.82 Å². The summed E-state index contributed by atoms with van der Waals surface area (Å²) in [7, 11) is 0. The molecule has 3 nitrogen and oxygen atoms in total. The van der Waals surface area contributed by atoms with Crippen LogP contribution in [0.1, 0.15) is 18.1 Å². The first-order valence-corrected chi connectivity index (χ1v) is 6.33. The predicted octanol–water partition coefficient (Wildman–Crippen LogP) is 3.85. The van der Waals surface area contributed by atoms with Gasteiger partial charge in [0.05, 0.1) is 5.69 Å². The molecule has 94 valence electrons. The van der Waals surface area contributed by atoms with E-state index in [1.54, 1.807) is 6.33 Å². The highest BCUT2D eigenvalue weighted by atomic mass is 35.5. The molecule has 0 saturated heterocycles. The Labute approximate surface area is 112 Å². The maximum atomic E-state index is 6.16. The fourth-order valence-electron chi connectivity index (χ4n) is 1.83. The minimum Gasteiger partial charge on any atom is -0.370 e. The zero-order valence-electron chi connectivity index (χ0n) is 10.8. The van der Waals surface area contributed by atoms with Crippen molar-refractivity contribution in [2.75, 3.05) is 11.9 Å². The van der Waals surface area contributed by atoms with Crippen molar-refractivity contribution in [3.63, 3.8) is 0 Å². The van der Waals surface area contributed by atoms with E-state index < -0.39 is 0 Å². The molecule has 18 heavy (non-hydrogen) atoms. The molecular formula is C14H16ClN3. The van der Waals surface area contributed by atoms with Gasteiger partial charge in [-0.1, -0.05) is 23.7 Å². The molecule has 1 N–H and O–H groups in total. The fourth-order valence-corrected chi connectivity index (χ4v) is 2.01. The van der Waals surface area contributed by atoms with E-state index in [0.717, 1.165) is 39.8 Å². The molecule has 0 aliphatic rings. The number of aromatic nitrogens is 2. The molecule has 2 rings (SSSR count). The van der Waals surface area contributed by atoms with Gasteiger partial charge in [-0.15, -0.1) is 0 Å². The Balaban J connectivity index is 2.50. The van der Waals surface area contributed by atoms with E-state index in [0.29, 0.717) is 0 Å². The highest BCUT2D eigenvalue weighted by Crippen LogP contribution is 2.28. The number of hydrogen-bond acceptors (Lipinski definition) is 3. The minimum absolute atomic E-state index is 0.760. The predicted molar refractivity (Wildman–Crippen MR) is 76.1 cm³/mol. The number of anilines is 1. The van der Waals surface area contributed by atoms with Gasteiger partial charge in [-0.05, 0) is 32.4 Å². The van der Waals surface area contributed by atoms with E-state index in [9.17, 15) is 0 Å². The Morgan fingerprint density at radius 1 is 1.22 bits per heavy atom. The number of aryl methyl sites for hydroxylation is 1. The summed E-state index contributed by atoms with van der Waals surface area (Å²) in [4.78, 5) is 8.59. The lowest BCUT2D eigenvalue weighted by atomic mass is 10.1. The van der Waals surface area contributed by atoms with Crippen molar-refractivity contribution in [3.05, 3.63) is 40.7 Å². The van der Waals surface area contributed by atoms with Crippen molar-refractivity contribution in [2.45, 2.75) is 20.8 Å². The summed E-state index contributed by atoms with van der Waals surface area (Å²) in [5, 5.41) is 3.99. The number of hydrogen-bond donors (Lipinski definition) is 1. The van der Waals surface area contributed by atoms with Crippen LogP contribution in [0, 0.1) is 13.8 Å². The van der Waals surface area contributed by atoms with Gasteiger partial charge >= 0.3 is 0 Å². The van der Waals surface area contributed by atoms with Crippen LogP contribution in [0.3, 0.4) is 0 Å². The zero-order valence-corrected chi connectivity index (χ0v) is 11.5. The zero-order chi connectivity index (χ0) is 13.1. The van der Waals surface area contributed by atoms with Gasteiger partial charge in [-0.2, -0.15) is 0 Å². The molecule has 0 radical (unpaired) electrons. The van der Waals surface area contributed by atoms with Gasteiger partial charge in [0, 0.05) is 22.7 Å². The largest absolute Gasteiger partial charge is 0.370 e. The molecule has 1 aromatic carbocycles. The quantitative estimate of drug-likeness (QED) is 0.912. The average molecular weight is 262 g/mol. The second kappa shape index (κ2) is 5.36. The second-order valence-electron chi connectivity index (χ2n) is 4.19. The summed E-state index contributed by atoms with van der Waals surface area (Å²) >= 11 is 6.16. The third-order valence-electron chi connectivity index (χ3n) is 2.87. The fraction of sp³-hybridized carbons (Fsp3) is 0.286. The van der Waals surface area contributed by atoms with E-state index in [1.807, 2.05) is 39.0 Å². The van der Waals surface area contributed by atoms with Crippen molar-refractivity contribution in [1.82, 2.24) is 9.97 Å². The lowest BCUT2D eigenvalue weighted by Crippen LogP contribution is -2.03. The number of halogens is 1. The number of benzene rings is 1. The number of rotatable bonds is 3. The van der Waals surface area contributed by atoms with Crippen LogP contribution >= 0.6 is 11.6 Å². The summed E-state index contributed by atoms with van der Waals surface area (Å²) in [6.07, 6.45) is 1.58. The molecule has 0 unspecified atom stereocenters. The Hall–Kier alpha value is -1.61. The van der Waals surface area contributed by atoms with E-state index in [4.69, 9.17) is 11.6 Å². The van der Waals surface area contributed by atoms with E-state index >= 15 is 0 Å². The van der Waals surface area contributed by atoms with E-state index in [-0.39, 0.29) is 0 Å². The molecule has 0 amide bonds. The van der Waals surface area contributed by atoms with Crippen molar-refractivity contribution in [2.24, 2.45) is 0 Å². The standard InChI is InChI=1S/C14H16ClN3/c1-4-16-14-10(3)13(17-8-18-14)11-6-5-9(2)12(15)7-11/h5-8H,4H2,1-3H3,(H,16,17,18). The van der Waals surface area contributed by atoms with Crippen LogP contribution in [0.2, 0.25) is 5.02 Å². The summed E-state index contributed by atoms with van der Waals surface area (Å²) in [6, 6.07) is 5.99. The van der Waals surface area contributed by atoms with Crippen molar-refractivity contribution >= 4 is 17.4 Å². The maximum Gasteiger partial charge on any atom is 0.132 e. The van der Waals surface area contributed by atoms with Gasteiger partial charge in [-0.25, -0.2) is 9.97 Å². The Bertz CT molecular complexity index is 567. The monoisotopic (exact) mass is 261 g/mol. The molecule has 1 aromatic heterocycles. The van der Waals surface area contributed by atoms with E-state index in [2.05, 4.69) is 15.3 Å². The van der Waals surface area contributed by atoms with Crippen LogP contribution in [0.25, 0.3) is 11.3 Å². The lowest BCUT2D eigenvalue weighted by molar-refractivity contribution is 1.09. The van der Waals surface area contributed by atoms with Gasteiger partial charge in [0.25, 0.3) is 0 Å².